The molecule has 0 saturated carbocycles. The SMILES string of the molecule is C=C(C)C1Cc2ccc(O)c(O)c2-c2c1cc1c(c2O)C=CC(C)(C)O1. The van der Waals surface area contributed by atoms with Gasteiger partial charge in [0.05, 0.1) is 5.56 Å². The van der Waals surface area contributed by atoms with E-state index in [2.05, 4.69) is 6.58 Å². The van der Waals surface area contributed by atoms with Gasteiger partial charge in [0.1, 0.15) is 17.1 Å². The molecule has 0 aromatic heterocycles. The molecule has 2 aromatic carbocycles. The van der Waals surface area contributed by atoms with Gasteiger partial charge in [-0.2, -0.15) is 0 Å². The molecule has 1 heterocycles. The van der Waals surface area contributed by atoms with E-state index < -0.39 is 5.60 Å². The van der Waals surface area contributed by atoms with Gasteiger partial charge in [-0.15, -0.1) is 0 Å². The molecule has 1 atom stereocenters. The van der Waals surface area contributed by atoms with Crippen molar-refractivity contribution in [3.63, 3.8) is 0 Å². The van der Waals surface area contributed by atoms with Gasteiger partial charge in [0.2, 0.25) is 0 Å². The average Bonchev–Trinajstić information content (AvgIpc) is 2.56. The van der Waals surface area contributed by atoms with E-state index in [9.17, 15) is 15.3 Å². The first-order valence-electron chi connectivity index (χ1n) is 8.67. The fraction of sp³-hybridized carbons (Fsp3) is 0.273. The van der Waals surface area contributed by atoms with E-state index in [0.29, 0.717) is 28.9 Å². The van der Waals surface area contributed by atoms with E-state index in [-0.39, 0.29) is 23.2 Å². The van der Waals surface area contributed by atoms with Crippen molar-refractivity contribution in [2.75, 3.05) is 0 Å². The summed E-state index contributed by atoms with van der Waals surface area (Å²) in [6, 6.07) is 5.20. The molecule has 134 valence electrons. The van der Waals surface area contributed by atoms with E-state index in [1.165, 1.54) is 6.07 Å². The highest BCUT2D eigenvalue weighted by Crippen LogP contribution is 2.55. The molecule has 1 aliphatic heterocycles. The molecule has 3 N–H and O–H groups in total. The van der Waals surface area contributed by atoms with Crippen molar-refractivity contribution in [3.8, 4) is 34.1 Å². The predicted octanol–water partition coefficient (Wildman–Crippen LogP) is 4.87. The molecular weight excluding hydrogens is 328 g/mol. The van der Waals surface area contributed by atoms with E-state index in [1.807, 2.05) is 39.0 Å². The predicted molar refractivity (Wildman–Crippen MR) is 102 cm³/mol. The third-order valence-corrected chi connectivity index (χ3v) is 5.24. The fourth-order valence-corrected chi connectivity index (χ4v) is 3.90. The summed E-state index contributed by atoms with van der Waals surface area (Å²) in [5, 5.41) is 31.5. The Kier molecular flexibility index (Phi) is 3.38. The maximum absolute atomic E-state index is 11.1. The number of fused-ring (bicyclic) bond motifs is 4. The average molecular weight is 350 g/mol. The van der Waals surface area contributed by atoms with Gasteiger partial charge in [-0.3, -0.25) is 0 Å². The lowest BCUT2D eigenvalue weighted by Gasteiger charge is -2.34. The number of phenolic OH excluding ortho intramolecular Hbond substituents is 3. The zero-order valence-corrected chi connectivity index (χ0v) is 15.1. The summed E-state index contributed by atoms with van der Waals surface area (Å²) >= 11 is 0. The quantitative estimate of drug-likeness (QED) is 0.507. The van der Waals surface area contributed by atoms with E-state index in [4.69, 9.17) is 4.74 Å². The Hall–Kier alpha value is -2.88. The van der Waals surface area contributed by atoms with Crippen LogP contribution in [0, 0.1) is 0 Å². The summed E-state index contributed by atoms with van der Waals surface area (Å²) in [7, 11) is 0. The summed E-state index contributed by atoms with van der Waals surface area (Å²) < 4.78 is 6.05. The first-order chi connectivity index (χ1) is 12.2. The Labute approximate surface area is 152 Å². The summed E-state index contributed by atoms with van der Waals surface area (Å²) in [5.41, 5.74) is 3.84. The van der Waals surface area contributed by atoms with Crippen LogP contribution < -0.4 is 4.74 Å². The lowest BCUT2D eigenvalue weighted by atomic mass is 9.74. The molecule has 0 fully saturated rings. The largest absolute Gasteiger partial charge is 0.507 e. The van der Waals surface area contributed by atoms with Crippen LogP contribution >= 0.6 is 0 Å². The third kappa shape index (κ3) is 2.29. The zero-order valence-electron chi connectivity index (χ0n) is 15.1. The van der Waals surface area contributed by atoms with Crippen molar-refractivity contribution in [2.45, 2.75) is 38.7 Å². The van der Waals surface area contributed by atoms with Gasteiger partial charge in [-0.05, 0) is 62.6 Å². The van der Waals surface area contributed by atoms with Crippen LogP contribution in [0.15, 0.2) is 36.4 Å². The monoisotopic (exact) mass is 350 g/mol. The van der Waals surface area contributed by atoms with Crippen LogP contribution in [0.4, 0.5) is 0 Å². The zero-order chi connectivity index (χ0) is 18.8. The van der Waals surface area contributed by atoms with Crippen molar-refractivity contribution in [1.29, 1.82) is 0 Å². The second kappa shape index (κ2) is 5.31. The van der Waals surface area contributed by atoms with Gasteiger partial charge in [-0.1, -0.05) is 18.2 Å². The number of rotatable bonds is 1. The van der Waals surface area contributed by atoms with Gasteiger partial charge in [0, 0.05) is 17.0 Å². The number of hydrogen-bond acceptors (Lipinski definition) is 4. The normalized spacial score (nSPS) is 19.1. The van der Waals surface area contributed by atoms with Crippen LogP contribution in [0.5, 0.6) is 23.0 Å². The van der Waals surface area contributed by atoms with Gasteiger partial charge < -0.3 is 20.1 Å². The summed E-state index contributed by atoms with van der Waals surface area (Å²) in [6.07, 6.45) is 4.38. The maximum Gasteiger partial charge on any atom is 0.165 e. The highest BCUT2D eigenvalue weighted by atomic mass is 16.5. The Morgan fingerprint density at radius 2 is 1.88 bits per heavy atom. The van der Waals surface area contributed by atoms with Crippen molar-refractivity contribution < 1.29 is 20.1 Å². The summed E-state index contributed by atoms with van der Waals surface area (Å²) in [4.78, 5) is 0. The van der Waals surface area contributed by atoms with Crippen molar-refractivity contribution in [1.82, 2.24) is 0 Å². The second-order valence-corrected chi connectivity index (χ2v) is 7.71. The van der Waals surface area contributed by atoms with Gasteiger partial charge in [0.15, 0.2) is 11.5 Å². The highest BCUT2D eigenvalue weighted by Gasteiger charge is 2.34. The Morgan fingerprint density at radius 1 is 1.15 bits per heavy atom. The Bertz CT molecular complexity index is 982. The van der Waals surface area contributed by atoms with Crippen LogP contribution in [0.1, 0.15) is 43.4 Å². The number of aromatic hydroxyl groups is 3. The first kappa shape index (κ1) is 16.6. The third-order valence-electron chi connectivity index (χ3n) is 5.24. The molecule has 0 radical (unpaired) electrons. The molecule has 0 bridgehead atoms. The number of benzene rings is 2. The molecule has 1 aliphatic carbocycles. The number of hydrogen-bond donors (Lipinski definition) is 3. The maximum atomic E-state index is 11.1. The number of phenols is 3. The van der Waals surface area contributed by atoms with Crippen LogP contribution in [0.2, 0.25) is 0 Å². The summed E-state index contributed by atoms with van der Waals surface area (Å²) in [6.45, 7) is 9.99. The van der Waals surface area contributed by atoms with Gasteiger partial charge in [-0.25, -0.2) is 0 Å². The minimum atomic E-state index is -0.459. The molecule has 0 amide bonds. The lowest BCUT2D eigenvalue weighted by Crippen LogP contribution is -2.28. The van der Waals surface area contributed by atoms with Gasteiger partial charge >= 0.3 is 0 Å². The molecule has 2 aliphatic rings. The minimum Gasteiger partial charge on any atom is -0.507 e. The van der Waals surface area contributed by atoms with Crippen LogP contribution in [-0.4, -0.2) is 20.9 Å². The Balaban J connectivity index is 2.07. The number of allylic oxidation sites excluding steroid dienone is 1. The van der Waals surface area contributed by atoms with E-state index in [1.54, 1.807) is 6.07 Å². The minimum absolute atomic E-state index is 0.00439. The van der Waals surface area contributed by atoms with Crippen molar-refractivity contribution in [3.05, 3.63) is 53.1 Å². The highest BCUT2D eigenvalue weighted by molar-refractivity contribution is 5.90. The van der Waals surface area contributed by atoms with Gasteiger partial charge in [0.25, 0.3) is 0 Å². The Morgan fingerprint density at radius 3 is 2.58 bits per heavy atom. The van der Waals surface area contributed by atoms with E-state index in [0.717, 1.165) is 16.7 Å². The molecule has 0 spiro atoms. The molecule has 2 aromatic rings. The summed E-state index contributed by atoms with van der Waals surface area (Å²) in [5.74, 6) is 0.254. The molecule has 1 unspecified atom stereocenters. The molecular formula is C22H22O4. The first-order valence-corrected chi connectivity index (χ1v) is 8.67. The molecule has 4 rings (SSSR count). The van der Waals surface area contributed by atoms with Crippen LogP contribution in [0.25, 0.3) is 17.2 Å². The number of ether oxygens (including phenoxy) is 1. The lowest BCUT2D eigenvalue weighted by molar-refractivity contribution is 0.158. The molecule has 0 saturated heterocycles. The topological polar surface area (TPSA) is 69.9 Å². The molecule has 26 heavy (non-hydrogen) atoms. The second-order valence-electron chi connectivity index (χ2n) is 7.71. The van der Waals surface area contributed by atoms with E-state index >= 15 is 0 Å². The van der Waals surface area contributed by atoms with Crippen molar-refractivity contribution in [2.24, 2.45) is 0 Å². The van der Waals surface area contributed by atoms with Crippen molar-refractivity contribution >= 4 is 6.08 Å². The van der Waals surface area contributed by atoms with Crippen LogP contribution in [-0.2, 0) is 6.42 Å². The van der Waals surface area contributed by atoms with Crippen LogP contribution in [0.3, 0.4) is 0 Å². The fourth-order valence-electron chi connectivity index (χ4n) is 3.90. The smallest absolute Gasteiger partial charge is 0.165 e. The molecule has 4 nitrogen and oxygen atoms in total. The molecule has 4 heteroatoms. The standard InChI is InChI=1S/C22H22O4/c1-11(2)14-9-12-5-6-16(23)21(25)18(12)19-15(14)10-17-13(20(19)24)7-8-22(3,4)26-17/h5-8,10,14,23-25H,1,9H2,2-4H3.